The summed E-state index contributed by atoms with van der Waals surface area (Å²) in [6.45, 7) is 8.12. The van der Waals surface area contributed by atoms with E-state index in [0.29, 0.717) is 35.9 Å². The van der Waals surface area contributed by atoms with Gasteiger partial charge in [-0.15, -0.1) is 0 Å². The van der Waals surface area contributed by atoms with E-state index in [4.69, 9.17) is 4.74 Å². The molecule has 0 atom stereocenters. The highest BCUT2D eigenvalue weighted by atomic mass is 19.1. The molecule has 0 bridgehead atoms. The van der Waals surface area contributed by atoms with E-state index >= 15 is 0 Å². The third-order valence-corrected chi connectivity index (χ3v) is 5.20. The largest absolute Gasteiger partial charge is 0.477 e. The Morgan fingerprint density at radius 2 is 2.00 bits per heavy atom. The third kappa shape index (κ3) is 4.59. The molecule has 0 unspecified atom stereocenters. The van der Waals surface area contributed by atoms with Gasteiger partial charge in [-0.2, -0.15) is 0 Å². The van der Waals surface area contributed by atoms with Crippen molar-refractivity contribution in [2.75, 3.05) is 44.2 Å². The number of aromatic nitrogens is 3. The number of nitrogens with one attached hydrogen (secondary N) is 1. The summed E-state index contributed by atoms with van der Waals surface area (Å²) in [4.78, 5) is 28.7. The Labute approximate surface area is 174 Å². The van der Waals surface area contributed by atoms with Gasteiger partial charge in [0.1, 0.15) is 18.0 Å². The van der Waals surface area contributed by atoms with E-state index in [1.165, 1.54) is 18.5 Å². The molecule has 3 heterocycles. The number of nitrogens with zero attached hydrogens (tertiary/aromatic N) is 4. The fraction of sp³-hybridized carbons (Fsp3) is 0.409. The lowest BCUT2D eigenvalue weighted by Gasteiger charge is -2.35. The van der Waals surface area contributed by atoms with Crippen LogP contribution in [0.15, 0.2) is 36.8 Å². The lowest BCUT2D eigenvalue weighted by Crippen LogP contribution is -2.48. The molecule has 3 aromatic rings. The van der Waals surface area contributed by atoms with Gasteiger partial charge in [0.25, 0.3) is 0 Å². The van der Waals surface area contributed by atoms with E-state index in [2.05, 4.69) is 38.6 Å². The Kier molecular flexibility index (Phi) is 5.94. The summed E-state index contributed by atoms with van der Waals surface area (Å²) in [5.41, 5.74) is 1.30. The average molecular weight is 411 g/mol. The lowest BCUT2D eigenvalue weighted by molar-refractivity contribution is 0.0928. The number of rotatable bonds is 7. The van der Waals surface area contributed by atoms with Gasteiger partial charge < -0.3 is 14.6 Å². The van der Waals surface area contributed by atoms with Gasteiger partial charge in [-0.25, -0.2) is 14.4 Å². The molecule has 0 aliphatic carbocycles. The standard InChI is InChI=1S/C22H26FN5O2/c1-15(2)13-30-22-10-21(25-14-26-22)28-7-5-27(6-8-28)12-20(29)18-11-24-19-4-3-16(23)9-17(18)19/h3-4,9-11,14-15,24H,5-8,12-13H2,1-2H3. The molecule has 1 fully saturated rings. The summed E-state index contributed by atoms with van der Waals surface area (Å²) < 4.78 is 19.3. The first-order valence-corrected chi connectivity index (χ1v) is 10.2. The van der Waals surface area contributed by atoms with Gasteiger partial charge in [-0.05, 0) is 24.1 Å². The van der Waals surface area contributed by atoms with Gasteiger partial charge in [0.15, 0.2) is 5.78 Å². The van der Waals surface area contributed by atoms with Crippen molar-refractivity contribution < 1.29 is 13.9 Å². The van der Waals surface area contributed by atoms with Crippen LogP contribution in [0.2, 0.25) is 0 Å². The molecule has 2 aromatic heterocycles. The minimum Gasteiger partial charge on any atom is -0.477 e. The second-order valence-electron chi connectivity index (χ2n) is 8.00. The Morgan fingerprint density at radius 1 is 1.20 bits per heavy atom. The van der Waals surface area contributed by atoms with Crippen LogP contribution in [0.5, 0.6) is 5.88 Å². The molecule has 0 radical (unpaired) electrons. The predicted octanol–water partition coefficient (Wildman–Crippen LogP) is 3.14. The van der Waals surface area contributed by atoms with Gasteiger partial charge >= 0.3 is 0 Å². The minimum atomic E-state index is -0.341. The summed E-state index contributed by atoms with van der Waals surface area (Å²) in [6, 6.07) is 6.31. The van der Waals surface area contributed by atoms with Crippen molar-refractivity contribution in [1.29, 1.82) is 0 Å². The maximum absolute atomic E-state index is 13.6. The third-order valence-electron chi connectivity index (χ3n) is 5.20. The van der Waals surface area contributed by atoms with E-state index in [9.17, 15) is 9.18 Å². The average Bonchev–Trinajstić information content (AvgIpc) is 3.16. The summed E-state index contributed by atoms with van der Waals surface area (Å²) in [6.07, 6.45) is 3.19. The Morgan fingerprint density at radius 3 is 2.77 bits per heavy atom. The highest BCUT2D eigenvalue weighted by molar-refractivity contribution is 6.08. The van der Waals surface area contributed by atoms with Gasteiger partial charge in [0.2, 0.25) is 5.88 Å². The van der Waals surface area contributed by atoms with Crippen molar-refractivity contribution in [3.63, 3.8) is 0 Å². The molecule has 158 valence electrons. The molecular formula is C22H26FN5O2. The number of ether oxygens (including phenoxy) is 1. The number of Topliss-reactive ketones (excluding diaryl/α,β-unsaturated/α-hetero) is 1. The van der Waals surface area contributed by atoms with Gasteiger partial charge in [0.05, 0.1) is 13.2 Å². The van der Waals surface area contributed by atoms with E-state index < -0.39 is 0 Å². The van der Waals surface area contributed by atoms with Gasteiger partial charge in [-0.1, -0.05) is 13.8 Å². The number of aromatic amines is 1. The normalized spacial score (nSPS) is 15.1. The molecule has 1 aliphatic rings. The number of halogens is 1. The number of anilines is 1. The van der Waals surface area contributed by atoms with Crippen LogP contribution >= 0.6 is 0 Å². The van der Waals surface area contributed by atoms with Crippen molar-refractivity contribution in [2.24, 2.45) is 5.92 Å². The molecule has 8 heteroatoms. The number of carbonyl (C=O) groups excluding carboxylic acids is 1. The zero-order valence-electron chi connectivity index (χ0n) is 17.3. The molecule has 30 heavy (non-hydrogen) atoms. The van der Waals surface area contributed by atoms with Crippen LogP contribution in [0, 0.1) is 11.7 Å². The monoisotopic (exact) mass is 411 g/mol. The molecular weight excluding hydrogens is 385 g/mol. The van der Waals surface area contributed by atoms with E-state index in [1.54, 1.807) is 12.3 Å². The van der Waals surface area contributed by atoms with Gasteiger partial charge in [-0.3, -0.25) is 9.69 Å². The number of piperazine rings is 1. The second kappa shape index (κ2) is 8.79. The number of benzene rings is 1. The first kappa shape index (κ1) is 20.3. The quantitative estimate of drug-likeness (QED) is 0.602. The number of hydrogen-bond acceptors (Lipinski definition) is 6. The molecule has 0 saturated carbocycles. The molecule has 0 amide bonds. The molecule has 1 aliphatic heterocycles. The fourth-order valence-electron chi connectivity index (χ4n) is 3.58. The second-order valence-corrected chi connectivity index (χ2v) is 8.00. The van der Waals surface area contributed by atoms with Crippen LogP contribution in [0.1, 0.15) is 24.2 Å². The predicted molar refractivity (Wildman–Crippen MR) is 114 cm³/mol. The number of carbonyl (C=O) groups is 1. The van der Waals surface area contributed by atoms with Crippen LogP contribution in [-0.2, 0) is 0 Å². The van der Waals surface area contributed by atoms with Crippen LogP contribution in [0.25, 0.3) is 10.9 Å². The van der Waals surface area contributed by atoms with Crippen LogP contribution in [0.4, 0.5) is 10.2 Å². The zero-order chi connectivity index (χ0) is 21.1. The number of ketones is 1. The smallest absolute Gasteiger partial charge is 0.218 e. The van der Waals surface area contributed by atoms with E-state index in [1.807, 2.05) is 6.07 Å². The topological polar surface area (TPSA) is 74.3 Å². The van der Waals surface area contributed by atoms with Crippen LogP contribution in [-0.4, -0.2) is 65.0 Å². The highest BCUT2D eigenvalue weighted by Gasteiger charge is 2.22. The Bertz CT molecular complexity index is 1030. The van der Waals surface area contributed by atoms with Crippen molar-refractivity contribution >= 4 is 22.5 Å². The zero-order valence-corrected chi connectivity index (χ0v) is 17.3. The number of H-pyrrole nitrogens is 1. The maximum Gasteiger partial charge on any atom is 0.218 e. The van der Waals surface area contributed by atoms with E-state index in [-0.39, 0.29) is 11.6 Å². The first-order valence-electron chi connectivity index (χ1n) is 10.2. The SMILES string of the molecule is CC(C)COc1cc(N2CCN(CC(=O)c3c[nH]c4ccc(F)cc34)CC2)ncn1. The fourth-order valence-corrected chi connectivity index (χ4v) is 3.58. The molecule has 7 nitrogen and oxygen atoms in total. The Balaban J connectivity index is 1.35. The Hall–Kier alpha value is -3.00. The van der Waals surface area contributed by atoms with Crippen molar-refractivity contribution in [1.82, 2.24) is 19.9 Å². The molecule has 1 saturated heterocycles. The van der Waals surface area contributed by atoms with Crippen molar-refractivity contribution in [2.45, 2.75) is 13.8 Å². The van der Waals surface area contributed by atoms with Crippen LogP contribution in [0.3, 0.4) is 0 Å². The molecule has 4 rings (SSSR count). The minimum absolute atomic E-state index is 0.00768. The number of hydrogen-bond donors (Lipinski definition) is 1. The first-order chi connectivity index (χ1) is 14.5. The summed E-state index contributed by atoms with van der Waals surface area (Å²) in [5, 5.41) is 0.633. The summed E-state index contributed by atoms with van der Waals surface area (Å²) in [5.74, 6) is 1.50. The van der Waals surface area contributed by atoms with E-state index in [0.717, 1.165) is 37.5 Å². The maximum atomic E-state index is 13.6. The van der Waals surface area contributed by atoms with Crippen molar-refractivity contribution in [3.8, 4) is 5.88 Å². The molecule has 1 aromatic carbocycles. The lowest BCUT2D eigenvalue weighted by atomic mass is 10.1. The van der Waals surface area contributed by atoms with Crippen LogP contribution < -0.4 is 9.64 Å². The van der Waals surface area contributed by atoms with Crippen molar-refractivity contribution in [3.05, 3.63) is 48.2 Å². The molecule has 0 spiro atoms. The summed E-state index contributed by atoms with van der Waals surface area (Å²) >= 11 is 0. The highest BCUT2D eigenvalue weighted by Crippen LogP contribution is 2.21. The van der Waals surface area contributed by atoms with Gasteiger partial charge in [0, 0.05) is 54.9 Å². The summed E-state index contributed by atoms with van der Waals surface area (Å²) in [7, 11) is 0. The molecule has 1 N–H and O–H groups in total. The number of fused-ring (bicyclic) bond motifs is 1.